The Hall–Kier alpha value is -2.06. The van der Waals surface area contributed by atoms with Gasteiger partial charge in [-0.2, -0.15) is 13.2 Å². The van der Waals surface area contributed by atoms with Crippen LogP contribution >= 0.6 is 0 Å². The van der Waals surface area contributed by atoms with Crippen molar-refractivity contribution in [1.29, 1.82) is 0 Å². The molecular weight excluding hydrogens is 291 g/mol. The monoisotopic (exact) mass is 305 g/mol. The summed E-state index contributed by atoms with van der Waals surface area (Å²) in [4.78, 5) is 29.6. The normalized spacial score (nSPS) is 17.0. The predicted octanol–water partition coefficient (Wildman–Crippen LogP) is 1.68. The third-order valence-electron chi connectivity index (χ3n) is 3.52. The summed E-state index contributed by atoms with van der Waals surface area (Å²) >= 11 is 0. The number of nitrogens with one attached hydrogen (secondary N) is 1. The van der Waals surface area contributed by atoms with Crippen LogP contribution in [0.15, 0.2) is 0 Å². The minimum atomic E-state index is -4.86. The highest BCUT2D eigenvalue weighted by atomic mass is 19.4. The van der Waals surface area contributed by atoms with E-state index in [1.54, 1.807) is 6.92 Å². The van der Waals surface area contributed by atoms with Gasteiger partial charge in [0.05, 0.1) is 0 Å². The maximum absolute atomic E-state index is 12.3. The molecular formula is C12H14F3N3O3. The highest BCUT2D eigenvalue weighted by Gasteiger charge is 2.43. The van der Waals surface area contributed by atoms with Gasteiger partial charge in [0.15, 0.2) is 5.69 Å². The van der Waals surface area contributed by atoms with Crippen molar-refractivity contribution in [1.82, 2.24) is 14.9 Å². The summed E-state index contributed by atoms with van der Waals surface area (Å²) in [5, 5.41) is 8.92. The lowest BCUT2D eigenvalue weighted by atomic mass is 9.96. The Morgan fingerprint density at radius 1 is 1.33 bits per heavy atom. The maximum Gasteiger partial charge on any atom is 0.471 e. The fourth-order valence-corrected chi connectivity index (χ4v) is 2.42. The molecule has 1 aliphatic rings. The number of imidazole rings is 1. The van der Waals surface area contributed by atoms with Crippen molar-refractivity contribution in [2.24, 2.45) is 0 Å². The molecule has 21 heavy (non-hydrogen) atoms. The third kappa shape index (κ3) is 3.17. The lowest BCUT2D eigenvalue weighted by molar-refractivity contribution is -0.186. The van der Waals surface area contributed by atoms with Crippen LogP contribution in [0.25, 0.3) is 0 Å². The molecule has 1 aliphatic heterocycles. The van der Waals surface area contributed by atoms with Gasteiger partial charge in [-0.15, -0.1) is 0 Å². The van der Waals surface area contributed by atoms with Crippen LogP contribution in [0.5, 0.6) is 0 Å². The summed E-state index contributed by atoms with van der Waals surface area (Å²) in [6.45, 7) is 1.53. The zero-order chi connectivity index (χ0) is 15.8. The van der Waals surface area contributed by atoms with Gasteiger partial charge in [-0.05, 0) is 19.8 Å². The van der Waals surface area contributed by atoms with Gasteiger partial charge in [-0.1, -0.05) is 0 Å². The van der Waals surface area contributed by atoms with Crippen LogP contribution < -0.4 is 0 Å². The second-order valence-corrected chi connectivity index (χ2v) is 4.97. The largest absolute Gasteiger partial charge is 0.476 e. The number of hydrogen-bond acceptors (Lipinski definition) is 3. The van der Waals surface area contributed by atoms with Gasteiger partial charge >= 0.3 is 18.1 Å². The molecule has 1 fully saturated rings. The quantitative estimate of drug-likeness (QED) is 0.870. The zero-order valence-electron chi connectivity index (χ0n) is 11.2. The molecule has 9 heteroatoms. The number of halogens is 3. The Morgan fingerprint density at radius 3 is 2.33 bits per heavy atom. The second-order valence-electron chi connectivity index (χ2n) is 4.97. The van der Waals surface area contributed by atoms with Gasteiger partial charge in [-0.25, -0.2) is 9.78 Å². The molecule has 1 aromatic heterocycles. The van der Waals surface area contributed by atoms with Gasteiger partial charge in [0, 0.05) is 24.7 Å². The van der Waals surface area contributed by atoms with Crippen molar-refractivity contribution < 1.29 is 27.9 Å². The Bertz CT molecular complexity index is 560. The lowest BCUT2D eigenvalue weighted by Gasteiger charge is -2.31. The first kappa shape index (κ1) is 15.3. The summed E-state index contributed by atoms with van der Waals surface area (Å²) in [5.41, 5.74) is 0.324. The predicted molar refractivity (Wildman–Crippen MR) is 64.9 cm³/mol. The number of amides is 1. The molecule has 0 aliphatic carbocycles. The highest BCUT2D eigenvalue weighted by molar-refractivity contribution is 5.86. The molecule has 2 heterocycles. The second kappa shape index (κ2) is 5.38. The topological polar surface area (TPSA) is 86.3 Å². The van der Waals surface area contributed by atoms with Crippen LogP contribution in [0.3, 0.4) is 0 Å². The standard InChI is InChI=1S/C12H14F3N3O3/c1-6-8(10(19)20)17-9(16-6)7-2-4-18(5-3-7)11(21)12(13,14)15/h7H,2-5H2,1H3,(H,16,17)(H,19,20). The van der Waals surface area contributed by atoms with E-state index < -0.39 is 18.1 Å². The Balaban J connectivity index is 2.03. The molecule has 2 N–H and O–H groups in total. The number of aromatic nitrogens is 2. The van der Waals surface area contributed by atoms with Crippen LogP contribution in [0, 0.1) is 6.92 Å². The molecule has 0 radical (unpaired) electrons. The molecule has 1 aromatic rings. The van der Waals surface area contributed by atoms with Crippen molar-refractivity contribution in [3.05, 3.63) is 17.2 Å². The van der Waals surface area contributed by atoms with Gasteiger partial charge < -0.3 is 15.0 Å². The van der Waals surface area contributed by atoms with Gasteiger partial charge in [0.25, 0.3) is 0 Å². The van der Waals surface area contributed by atoms with Crippen LogP contribution in [-0.4, -0.2) is 51.1 Å². The number of nitrogens with zero attached hydrogens (tertiary/aromatic N) is 2. The molecule has 0 saturated carbocycles. The highest BCUT2D eigenvalue weighted by Crippen LogP contribution is 2.29. The summed E-state index contributed by atoms with van der Waals surface area (Å²) in [5.74, 6) is -2.71. The van der Waals surface area contributed by atoms with E-state index >= 15 is 0 Å². The number of likely N-dealkylation sites (tertiary alicyclic amines) is 1. The molecule has 0 atom stereocenters. The number of carboxylic acids is 1. The first-order valence-corrected chi connectivity index (χ1v) is 6.36. The fourth-order valence-electron chi connectivity index (χ4n) is 2.42. The van der Waals surface area contributed by atoms with Gasteiger partial charge in [0.2, 0.25) is 0 Å². The molecule has 2 rings (SSSR count). The molecule has 0 bridgehead atoms. The summed E-state index contributed by atoms with van der Waals surface area (Å²) in [6, 6.07) is 0. The van der Waals surface area contributed by atoms with E-state index in [1.165, 1.54) is 0 Å². The van der Waals surface area contributed by atoms with E-state index in [4.69, 9.17) is 5.11 Å². The number of piperidine rings is 1. The van der Waals surface area contributed by atoms with Gasteiger partial charge in [-0.3, -0.25) is 4.79 Å². The van der Waals surface area contributed by atoms with Gasteiger partial charge in [0.1, 0.15) is 5.82 Å². The number of H-pyrrole nitrogens is 1. The van der Waals surface area contributed by atoms with Crippen molar-refractivity contribution in [2.45, 2.75) is 31.9 Å². The Morgan fingerprint density at radius 2 is 1.90 bits per heavy atom. The molecule has 0 aromatic carbocycles. The first-order valence-electron chi connectivity index (χ1n) is 6.36. The Labute approximate surface area is 118 Å². The summed E-state index contributed by atoms with van der Waals surface area (Å²) in [7, 11) is 0. The molecule has 116 valence electrons. The van der Waals surface area contributed by atoms with Crippen molar-refractivity contribution in [2.75, 3.05) is 13.1 Å². The van der Waals surface area contributed by atoms with E-state index in [-0.39, 0.29) is 24.7 Å². The lowest BCUT2D eigenvalue weighted by Crippen LogP contribution is -2.45. The number of aryl methyl sites for hydroxylation is 1. The number of carboxylic acid groups (broad SMARTS) is 1. The van der Waals surface area contributed by atoms with E-state index in [2.05, 4.69) is 9.97 Å². The molecule has 1 saturated heterocycles. The number of carbonyl (C=O) groups is 2. The van der Waals surface area contributed by atoms with Crippen molar-refractivity contribution in [3.8, 4) is 0 Å². The van der Waals surface area contributed by atoms with E-state index in [9.17, 15) is 22.8 Å². The summed E-state index contributed by atoms with van der Waals surface area (Å²) < 4.78 is 37.0. The number of aromatic amines is 1. The number of alkyl halides is 3. The maximum atomic E-state index is 12.3. The molecule has 1 amide bonds. The van der Waals surface area contributed by atoms with Crippen molar-refractivity contribution in [3.63, 3.8) is 0 Å². The molecule has 6 nitrogen and oxygen atoms in total. The molecule has 0 unspecified atom stereocenters. The number of hydrogen-bond donors (Lipinski definition) is 2. The van der Waals surface area contributed by atoms with Crippen LogP contribution in [-0.2, 0) is 4.79 Å². The van der Waals surface area contributed by atoms with Crippen LogP contribution in [0.1, 0.15) is 40.8 Å². The first-order chi connectivity index (χ1) is 9.70. The fraction of sp³-hybridized carbons (Fsp3) is 0.583. The number of rotatable bonds is 2. The summed E-state index contributed by atoms with van der Waals surface area (Å²) in [6.07, 6.45) is -4.23. The average molecular weight is 305 g/mol. The minimum absolute atomic E-state index is 0.0227. The minimum Gasteiger partial charge on any atom is -0.476 e. The molecule has 0 spiro atoms. The van der Waals surface area contributed by atoms with E-state index in [0.29, 0.717) is 24.4 Å². The number of aromatic carboxylic acids is 1. The van der Waals surface area contributed by atoms with Crippen molar-refractivity contribution >= 4 is 11.9 Å². The smallest absolute Gasteiger partial charge is 0.471 e. The van der Waals surface area contributed by atoms with E-state index in [1.807, 2.05) is 0 Å². The van der Waals surface area contributed by atoms with E-state index in [0.717, 1.165) is 4.90 Å². The SMILES string of the molecule is Cc1[nH]c(C2CCN(C(=O)C(F)(F)F)CC2)nc1C(=O)O. The van der Waals surface area contributed by atoms with Crippen LogP contribution in [0.2, 0.25) is 0 Å². The van der Waals surface area contributed by atoms with Crippen LogP contribution in [0.4, 0.5) is 13.2 Å². The average Bonchev–Trinajstić information content (AvgIpc) is 2.79. The zero-order valence-corrected chi connectivity index (χ0v) is 11.2. The number of carbonyl (C=O) groups excluding carboxylic acids is 1. The third-order valence-corrected chi connectivity index (χ3v) is 3.52. The Kier molecular flexibility index (Phi) is 3.93.